The van der Waals surface area contributed by atoms with Crippen LogP contribution in [0.5, 0.6) is 0 Å². The summed E-state index contributed by atoms with van der Waals surface area (Å²) in [6.07, 6.45) is 3.28. The molecule has 0 saturated carbocycles. The third kappa shape index (κ3) is 3.79. The van der Waals surface area contributed by atoms with Gasteiger partial charge in [-0.1, -0.05) is 15.9 Å². The van der Waals surface area contributed by atoms with E-state index < -0.39 is 0 Å². The number of benzene rings is 2. The van der Waals surface area contributed by atoms with Gasteiger partial charge in [-0.25, -0.2) is 9.18 Å². The van der Waals surface area contributed by atoms with E-state index in [1.165, 1.54) is 12.1 Å². The molecule has 0 bridgehead atoms. The van der Waals surface area contributed by atoms with Crippen molar-refractivity contribution >= 4 is 32.8 Å². The van der Waals surface area contributed by atoms with Crippen molar-refractivity contribution in [3.8, 4) is 0 Å². The number of ether oxygens (including phenoxy) is 1. The van der Waals surface area contributed by atoms with E-state index in [0.717, 1.165) is 27.4 Å². The van der Waals surface area contributed by atoms with Crippen LogP contribution in [0.3, 0.4) is 0 Å². The molecule has 0 radical (unpaired) electrons. The number of aryl methyl sites for hydroxylation is 1. The first-order valence-corrected chi connectivity index (χ1v) is 8.11. The van der Waals surface area contributed by atoms with Crippen molar-refractivity contribution < 1.29 is 13.9 Å². The Bertz CT molecular complexity index is 827. The number of aromatic nitrogens is 1. The van der Waals surface area contributed by atoms with E-state index in [1.54, 1.807) is 30.3 Å². The number of aromatic amines is 1. The molecule has 0 spiro atoms. The molecule has 3 rings (SSSR count). The lowest BCUT2D eigenvalue weighted by molar-refractivity contribution is 0.0500. The van der Waals surface area contributed by atoms with Crippen molar-refractivity contribution in [3.05, 3.63) is 70.1 Å². The molecule has 23 heavy (non-hydrogen) atoms. The Kier molecular flexibility index (Phi) is 4.76. The van der Waals surface area contributed by atoms with E-state index in [4.69, 9.17) is 4.74 Å². The number of hydrogen-bond donors (Lipinski definition) is 1. The number of rotatable bonds is 5. The molecule has 0 amide bonds. The summed E-state index contributed by atoms with van der Waals surface area (Å²) in [5, 5.41) is 0.879. The Labute approximate surface area is 141 Å². The van der Waals surface area contributed by atoms with Crippen molar-refractivity contribution in [2.45, 2.75) is 12.8 Å². The normalized spacial score (nSPS) is 10.9. The Morgan fingerprint density at radius 2 is 1.96 bits per heavy atom. The highest BCUT2D eigenvalue weighted by Crippen LogP contribution is 2.20. The molecular formula is C18H15BrFNO2. The van der Waals surface area contributed by atoms with Crippen LogP contribution in [0, 0.1) is 5.82 Å². The van der Waals surface area contributed by atoms with Gasteiger partial charge in [0.05, 0.1) is 12.2 Å². The van der Waals surface area contributed by atoms with E-state index in [-0.39, 0.29) is 11.8 Å². The highest BCUT2D eigenvalue weighted by molar-refractivity contribution is 9.10. The van der Waals surface area contributed by atoms with E-state index in [1.807, 2.05) is 6.20 Å². The first-order chi connectivity index (χ1) is 11.1. The number of carbonyl (C=O) groups is 1. The summed E-state index contributed by atoms with van der Waals surface area (Å²) < 4.78 is 19.5. The average molecular weight is 376 g/mol. The predicted molar refractivity (Wildman–Crippen MR) is 91.0 cm³/mol. The summed E-state index contributed by atoms with van der Waals surface area (Å²) in [5.41, 5.74) is 2.47. The summed E-state index contributed by atoms with van der Waals surface area (Å²) in [4.78, 5) is 15.0. The lowest BCUT2D eigenvalue weighted by Gasteiger charge is -2.05. The van der Waals surface area contributed by atoms with Gasteiger partial charge in [0.1, 0.15) is 5.82 Å². The first kappa shape index (κ1) is 15.7. The van der Waals surface area contributed by atoms with Gasteiger partial charge in [-0.15, -0.1) is 0 Å². The number of nitrogens with one attached hydrogen (secondary N) is 1. The minimum Gasteiger partial charge on any atom is -0.462 e. The molecule has 1 N–H and O–H groups in total. The lowest BCUT2D eigenvalue weighted by Crippen LogP contribution is -2.06. The van der Waals surface area contributed by atoms with Crippen LogP contribution in [-0.4, -0.2) is 17.6 Å². The molecule has 2 aromatic carbocycles. The maximum Gasteiger partial charge on any atom is 0.338 e. The SMILES string of the molecule is O=C(OCCCc1c[nH]c2ccc(F)cc12)c1ccc(Br)cc1. The second-order valence-corrected chi connectivity index (χ2v) is 6.17. The van der Waals surface area contributed by atoms with Crippen LogP contribution in [-0.2, 0) is 11.2 Å². The molecule has 118 valence electrons. The molecule has 0 aliphatic rings. The van der Waals surface area contributed by atoms with E-state index in [0.29, 0.717) is 18.6 Å². The van der Waals surface area contributed by atoms with E-state index >= 15 is 0 Å². The standard InChI is InChI=1S/C18H15BrFNO2/c19-14-5-3-12(4-6-14)18(22)23-9-1-2-13-11-21-17-8-7-15(20)10-16(13)17/h3-8,10-11,21H,1-2,9H2. The molecule has 0 aliphatic heterocycles. The van der Waals surface area contributed by atoms with Gasteiger partial charge >= 0.3 is 5.97 Å². The fourth-order valence-electron chi connectivity index (χ4n) is 2.45. The van der Waals surface area contributed by atoms with Crippen molar-refractivity contribution in [2.24, 2.45) is 0 Å². The topological polar surface area (TPSA) is 42.1 Å². The molecular weight excluding hydrogens is 361 g/mol. The fourth-order valence-corrected chi connectivity index (χ4v) is 2.72. The third-order valence-corrected chi connectivity index (χ3v) is 4.16. The van der Waals surface area contributed by atoms with Crippen molar-refractivity contribution in [2.75, 3.05) is 6.61 Å². The first-order valence-electron chi connectivity index (χ1n) is 7.32. The van der Waals surface area contributed by atoms with Crippen LogP contribution >= 0.6 is 15.9 Å². The molecule has 0 aliphatic carbocycles. The molecule has 5 heteroatoms. The zero-order valence-corrected chi connectivity index (χ0v) is 13.9. The summed E-state index contributed by atoms with van der Waals surface area (Å²) in [6, 6.07) is 11.7. The molecule has 1 aromatic heterocycles. The maximum atomic E-state index is 13.3. The molecule has 1 heterocycles. The zero-order chi connectivity index (χ0) is 16.2. The van der Waals surface area contributed by atoms with Gasteiger partial charge in [0.15, 0.2) is 0 Å². The molecule has 0 saturated heterocycles. The quantitative estimate of drug-likeness (QED) is 0.511. The van der Waals surface area contributed by atoms with Gasteiger partial charge in [-0.2, -0.15) is 0 Å². The largest absolute Gasteiger partial charge is 0.462 e. The molecule has 3 aromatic rings. The van der Waals surface area contributed by atoms with Gasteiger partial charge in [-0.05, 0) is 60.9 Å². The smallest absolute Gasteiger partial charge is 0.338 e. The monoisotopic (exact) mass is 375 g/mol. The van der Waals surface area contributed by atoms with Crippen molar-refractivity contribution in [3.63, 3.8) is 0 Å². The van der Waals surface area contributed by atoms with Crippen LogP contribution < -0.4 is 0 Å². The van der Waals surface area contributed by atoms with Crippen molar-refractivity contribution in [1.29, 1.82) is 0 Å². The number of carbonyl (C=O) groups excluding carboxylic acids is 1. The number of halogens is 2. The Hall–Kier alpha value is -2.14. The number of esters is 1. The Morgan fingerprint density at radius 3 is 2.74 bits per heavy atom. The molecule has 0 unspecified atom stereocenters. The fraction of sp³-hybridized carbons (Fsp3) is 0.167. The minimum atomic E-state index is -0.331. The number of fused-ring (bicyclic) bond motifs is 1. The minimum absolute atomic E-state index is 0.250. The third-order valence-electron chi connectivity index (χ3n) is 3.63. The van der Waals surface area contributed by atoms with E-state index in [9.17, 15) is 9.18 Å². The molecule has 3 nitrogen and oxygen atoms in total. The summed E-state index contributed by atoms with van der Waals surface area (Å²) in [5.74, 6) is -0.581. The highest BCUT2D eigenvalue weighted by Gasteiger charge is 2.08. The second kappa shape index (κ2) is 6.96. The van der Waals surface area contributed by atoms with Crippen LogP contribution in [0.2, 0.25) is 0 Å². The lowest BCUT2D eigenvalue weighted by atomic mass is 10.1. The summed E-state index contributed by atoms with van der Waals surface area (Å²) >= 11 is 3.32. The van der Waals surface area contributed by atoms with Gasteiger partial charge in [0.2, 0.25) is 0 Å². The van der Waals surface area contributed by atoms with Gasteiger partial charge in [-0.3, -0.25) is 0 Å². The summed E-state index contributed by atoms with van der Waals surface area (Å²) in [7, 11) is 0. The van der Waals surface area contributed by atoms with Crippen LogP contribution in [0.4, 0.5) is 4.39 Å². The average Bonchev–Trinajstić information content (AvgIpc) is 2.94. The predicted octanol–water partition coefficient (Wildman–Crippen LogP) is 4.86. The van der Waals surface area contributed by atoms with Gasteiger partial charge in [0, 0.05) is 21.6 Å². The molecule has 0 fully saturated rings. The Morgan fingerprint density at radius 1 is 1.17 bits per heavy atom. The van der Waals surface area contributed by atoms with E-state index in [2.05, 4.69) is 20.9 Å². The maximum absolute atomic E-state index is 13.3. The zero-order valence-electron chi connectivity index (χ0n) is 12.3. The van der Waals surface area contributed by atoms with Crippen molar-refractivity contribution in [1.82, 2.24) is 4.98 Å². The molecule has 0 atom stereocenters. The number of H-pyrrole nitrogens is 1. The second-order valence-electron chi connectivity index (χ2n) is 5.25. The highest BCUT2D eigenvalue weighted by atomic mass is 79.9. The van der Waals surface area contributed by atoms with Crippen LogP contribution in [0.25, 0.3) is 10.9 Å². The summed E-state index contributed by atoms with van der Waals surface area (Å²) in [6.45, 7) is 0.330. The Balaban J connectivity index is 1.54. The van der Waals surface area contributed by atoms with Gasteiger partial charge < -0.3 is 9.72 Å². The van der Waals surface area contributed by atoms with Crippen LogP contribution in [0.1, 0.15) is 22.3 Å². The van der Waals surface area contributed by atoms with Crippen LogP contribution in [0.15, 0.2) is 53.1 Å². The van der Waals surface area contributed by atoms with Gasteiger partial charge in [0.25, 0.3) is 0 Å². The number of hydrogen-bond acceptors (Lipinski definition) is 2.